The molecule has 3 N–H and O–H groups in total. The maximum atomic E-state index is 14.6. The highest BCUT2D eigenvalue weighted by Gasteiger charge is 2.21. The fourth-order valence-electron chi connectivity index (χ4n) is 3.88. The Morgan fingerprint density at radius 3 is 2.62 bits per heavy atom. The number of nitriles is 1. The lowest BCUT2D eigenvalue weighted by molar-refractivity contribution is 0.0996. The van der Waals surface area contributed by atoms with Gasteiger partial charge in [-0.05, 0) is 56.2 Å². The third-order valence-electron chi connectivity index (χ3n) is 5.64. The molecule has 0 saturated heterocycles. The number of carbonyl (C=O) groups excluding carboxylic acids is 2. The third kappa shape index (κ3) is 4.09. The summed E-state index contributed by atoms with van der Waals surface area (Å²) < 4.78 is 16.3. The van der Waals surface area contributed by atoms with E-state index < -0.39 is 17.6 Å². The van der Waals surface area contributed by atoms with Gasteiger partial charge in [-0.15, -0.1) is 0 Å². The summed E-state index contributed by atoms with van der Waals surface area (Å²) in [6.45, 7) is 5.87. The minimum Gasteiger partial charge on any atom is -0.364 e. The number of hydrogen-bond donors (Lipinski definition) is 2. The van der Waals surface area contributed by atoms with E-state index in [1.165, 1.54) is 24.3 Å². The fraction of sp³-hybridized carbons (Fsp3) is 0.160. The van der Waals surface area contributed by atoms with Gasteiger partial charge in [0.05, 0.1) is 46.3 Å². The lowest BCUT2D eigenvalue weighted by atomic mass is 10.1. The number of primary amides is 1. The molecule has 2 heterocycles. The molecule has 0 bridgehead atoms. The van der Waals surface area contributed by atoms with Crippen molar-refractivity contribution in [2.75, 3.05) is 5.32 Å². The average Bonchev–Trinajstić information content (AvgIpc) is 3.05. The number of carbonyl (C=O) groups is 2. The number of nitrogens with one attached hydrogen (secondary N) is 1. The Hall–Kier alpha value is -4.58. The molecule has 0 radical (unpaired) electrons. The highest BCUT2D eigenvalue weighted by molar-refractivity contribution is 6.14. The van der Waals surface area contributed by atoms with Crippen molar-refractivity contribution in [3.8, 4) is 6.07 Å². The maximum absolute atomic E-state index is 14.6. The summed E-state index contributed by atoms with van der Waals surface area (Å²) >= 11 is 0. The number of pyridine rings is 1. The van der Waals surface area contributed by atoms with Crippen molar-refractivity contribution in [3.05, 3.63) is 87.6 Å². The number of hydrogen-bond acceptors (Lipinski definition) is 5. The Morgan fingerprint density at radius 2 is 1.94 bits per heavy atom. The molecule has 0 aliphatic rings. The first-order valence-corrected chi connectivity index (χ1v) is 10.4. The summed E-state index contributed by atoms with van der Waals surface area (Å²) in [5, 5.41) is 16.5. The first-order valence-electron chi connectivity index (χ1n) is 10.4. The molecule has 9 heteroatoms. The molecule has 0 spiro atoms. The second kappa shape index (κ2) is 8.75. The van der Waals surface area contributed by atoms with Gasteiger partial charge in [-0.25, -0.2) is 9.37 Å². The minimum atomic E-state index is -0.821. The molecule has 0 atom stereocenters. The molecule has 8 nitrogen and oxygen atoms in total. The number of fused-ring (bicyclic) bond motifs is 1. The molecule has 2 aromatic heterocycles. The summed E-state index contributed by atoms with van der Waals surface area (Å²) in [5.74, 6) is -2.07. The summed E-state index contributed by atoms with van der Waals surface area (Å²) in [6, 6.07) is 13.1. The molecule has 4 rings (SSSR count). The quantitative estimate of drug-likeness (QED) is 0.473. The van der Waals surface area contributed by atoms with Gasteiger partial charge in [-0.1, -0.05) is 18.2 Å². The van der Waals surface area contributed by atoms with E-state index >= 15 is 0 Å². The highest BCUT2D eigenvalue weighted by atomic mass is 19.1. The van der Waals surface area contributed by atoms with Gasteiger partial charge in [0, 0.05) is 5.39 Å². The lowest BCUT2D eigenvalue weighted by Gasteiger charge is -2.11. The zero-order chi connectivity index (χ0) is 24.6. The number of halogens is 1. The van der Waals surface area contributed by atoms with Crippen molar-refractivity contribution in [3.63, 3.8) is 0 Å². The maximum Gasteiger partial charge on any atom is 0.267 e. The van der Waals surface area contributed by atoms with E-state index in [0.717, 1.165) is 11.1 Å². The van der Waals surface area contributed by atoms with Crippen molar-refractivity contribution in [1.29, 1.82) is 5.26 Å². The summed E-state index contributed by atoms with van der Waals surface area (Å²) in [6.07, 6.45) is 0. The van der Waals surface area contributed by atoms with Crippen LogP contribution in [-0.2, 0) is 6.54 Å². The number of anilines is 1. The van der Waals surface area contributed by atoms with Gasteiger partial charge in [0.2, 0.25) is 0 Å². The van der Waals surface area contributed by atoms with Crippen LogP contribution in [0.3, 0.4) is 0 Å². The van der Waals surface area contributed by atoms with Crippen LogP contribution in [0.15, 0.2) is 42.5 Å². The largest absolute Gasteiger partial charge is 0.364 e. The van der Waals surface area contributed by atoms with Crippen LogP contribution in [0.1, 0.15) is 48.9 Å². The highest BCUT2D eigenvalue weighted by Crippen LogP contribution is 2.26. The van der Waals surface area contributed by atoms with Crippen molar-refractivity contribution >= 4 is 28.4 Å². The normalized spacial score (nSPS) is 10.8. The van der Waals surface area contributed by atoms with Crippen LogP contribution < -0.4 is 11.1 Å². The summed E-state index contributed by atoms with van der Waals surface area (Å²) in [4.78, 5) is 29.0. The van der Waals surface area contributed by atoms with Crippen LogP contribution in [0, 0.1) is 37.9 Å². The molecular weight excluding hydrogens is 435 g/mol. The number of nitrogens with zero attached hydrogens (tertiary/aromatic N) is 4. The molecule has 0 saturated carbocycles. The predicted octanol–water partition coefficient (Wildman–Crippen LogP) is 3.77. The second-order valence-corrected chi connectivity index (χ2v) is 7.97. The van der Waals surface area contributed by atoms with E-state index in [4.69, 9.17) is 11.0 Å². The first-order chi connectivity index (χ1) is 16.2. The summed E-state index contributed by atoms with van der Waals surface area (Å²) in [7, 11) is 0. The van der Waals surface area contributed by atoms with Crippen LogP contribution in [0.25, 0.3) is 10.9 Å². The molecule has 4 aromatic rings. The van der Waals surface area contributed by atoms with E-state index in [0.29, 0.717) is 29.2 Å². The van der Waals surface area contributed by atoms with E-state index in [9.17, 15) is 14.0 Å². The monoisotopic (exact) mass is 456 g/mol. The Kier molecular flexibility index (Phi) is 5.82. The third-order valence-corrected chi connectivity index (χ3v) is 5.64. The Balaban J connectivity index is 1.69. The number of amides is 2. The topological polar surface area (TPSA) is 127 Å². The fourth-order valence-corrected chi connectivity index (χ4v) is 3.88. The van der Waals surface area contributed by atoms with Crippen molar-refractivity contribution < 1.29 is 14.0 Å². The molecule has 0 fully saturated rings. The summed E-state index contributed by atoms with van der Waals surface area (Å²) in [5.41, 5.74) is 9.51. The Bertz CT molecular complexity index is 1520. The molecule has 0 aliphatic heterocycles. The number of aromatic nitrogens is 3. The van der Waals surface area contributed by atoms with Crippen LogP contribution >= 0.6 is 0 Å². The zero-order valence-electron chi connectivity index (χ0n) is 18.8. The first kappa shape index (κ1) is 22.6. The van der Waals surface area contributed by atoms with E-state index in [-0.39, 0.29) is 22.2 Å². The Labute approximate surface area is 194 Å². The van der Waals surface area contributed by atoms with Gasteiger partial charge in [-0.3, -0.25) is 14.3 Å². The van der Waals surface area contributed by atoms with Gasteiger partial charge in [-0.2, -0.15) is 10.4 Å². The van der Waals surface area contributed by atoms with Crippen LogP contribution in [0.2, 0.25) is 0 Å². The van der Waals surface area contributed by atoms with E-state index in [2.05, 4.69) is 21.5 Å². The molecule has 2 aromatic carbocycles. The molecule has 0 unspecified atom stereocenters. The van der Waals surface area contributed by atoms with Crippen molar-refractivity contribution in [2.24, 2.45) is 5.73 Å². The Morgan fingerprint density at radius 1 is 1.18 bits per heavy atom. The number of aryl methyl sites for hydroxylation is 2. The number of rotatable bonds is 5. The lowest BCUT2D eigenvalue weighted by Crippen LogP contribution is -2.18. The van der Waals surface area contributed by atoms with Gasteiger partial charge >= 0.3 is 0 Å². The minimum absolute atomic E-state index is 0.000700. The van der Waals surface area contributed by atoms with E-state index in [1.54, 1.807) is 17.7 Å². The van der Waals surface area contributed by atoms with Gasteiger partial charge in [0.1, 0.15) is 11.5 Å². The van der Waals surface area contributed by atoms with Crippen LogP contribution in [-0.4, -0.2) is 26.6 Å². The molecule has 2 amide bonds. The molecular formula is C25H21FN6O2. The van der Waals surface area contributed by atoms with Crippen molar-refractivity contribution in [2.45, 2.75) is 27.3 Å². The average molecular weight is 456 g/mol. The zero-order valence-corrected chi connectivity index (χ0v) is 18.8. The SMILES string of the molecule is Cc1cc(Cn2nc(C)c(NC(=O)c3cc(C(N)=O)nc4cccc(F)c34)c2C)ccc1C#N. The number of benzene rings is 2. The second-order valence-electron chi connectivity index (χ2n) is 7.97. The van der Waals surface area contributed by atoms with Gasteiger partial charge in [0.25, 0.3) is 11.8 Å². The van der Waals surface area contributed by atoms with Crippen LogP contribution in [0.5, 0.6) is 0 Å². The predicted molar refractivity (Wildman–Crippen MR) is 125 cm³/mol. The van der Waals surface area contributed by atoms with E-state index in [1.807, 2.05) is 26.0 Å². The molecule has 0 aliphatic carbocycles. The van der Waals surface area contributed by atoms with Gasteiger partial charge < -0.3 is 11.1 Å². The van der Waals surface area contributed by atoms with Gasteiger partial charge in [0.15, 0.2) is 0 Å². The molecule has 170 valence electrons. The standard InChI is InChI=1S/C25H21FN6O2/c1-13-9-16(7-8-17(13)11-27)12-32-15(3)23(14(2)31-32)30-25(34)18-10-21(24(28)33)29-20-6-4-5-19(26)22(18)20/h4-10H,12H2,1-3H3,(H2,28,33)(H,30,34). The van der Waals surface area contributed by atoms with Crippen molar-refractivity contribution in [1.82, 2.24) is 14.8 Å². The molecule has 34 heavy (non-hydrogen) atoms. The number of nitrogens with two attached hydrogens (primary N) is 1. The van der Waals surface area contributed by atoms with Crippen LogP contribution in [0.4, 0.5) is 10.1 Å². The smallest absolute Gasteiger partial charge is 0.267 e.